The Kier molecular flexibility index (Phi) is 5.26. The molecule has 1 fully saturated rings. The first-order valence-corrected chi connectivity index (χ1v) is 8.47. The van der Waals surface area contributed by atoms with Crippen LogP contribution in [0.3, 0.4) is 0 Å². The van der Waals surface area contributed by atoms with Crippen molar-refractivity contribution in [3.05, 3.63) is 71.5 Å². The predicted octanol–water partition coefficient (Wildman–Crippen LogP) is 3.84. The van der Waals surface area contributed by atoms with Crippen molar-refractivity contribution in [1.82, 2.24) is 10.2 Å². The third kappa shape index (κ3) is 4.01. The van der Waals surface area contributed by atoms with Crippen LogP contribution in [0.2, 0.25) is 0 Å². The third-order valence-electron chi connectivity index (χ3n) is 4.64. The number of nitrogens with one attached hydrogen (secondary N) is 1. The summed E-state index contributed by atoms with van der Waals surface area (Å²) in [6, 6.07) is 16.8. The van der Waals surface area contributed by atoms with Crippen LogP contribution in [0.4, 0.5) is 4.39 Å². The highest BCUT2D eigenvalue weighted by atomic mass is 19.1. The minimum atomic E-state index is -0.264. The molecule has 2 atom stereocenters. The van der Waals surface area contributed by atoms with Crippen molar-refractivity contribution in [1.29, 1.82) is 0 Å². The van der Waals surface area contributed by atoms with E-state index in [1.807, 2.05) is 25.1 Å². The number of nitrogens with zero attached hydrogens (tertiary/aromatic N) is 1. The van der Waals surface area contributed by atoms with Gasteiger partial charge in [-0.1, -0.05) is 42.5 Å². The molecule has 2 aromatic carbocycles. The zero-order chi connectivity index (χ0) is 16.9. The maximum absolute atomic E-state index is 13.0. The van der Waals surface area contributed by atoms with E-state index in [1.165, 1.54) is 17.7 Å². The Hall–Kier alpha value is -2.20. The van der Waals surface area contributed by atoms with E-state index in [1.54, 1.807) is 12.1 Å². The Balaban J connectivity index is 1.59. The van der Waals surface area contributed by atoms with Crippen molar-refractivity contribution < 1.29 is 9.18 Å². The summed E-state index contributed by atoms with van der Waals surface area (Å²) in [5.74, 6) is -0.255. The molecule has 1 heterocycles. The van der Waals surface area contributed by atoms with Gasteiger partial charge in [0, 0.05) is 6.04 Å². The number of likely N-dealkylation sites (tertiary alicyclic amines) is 1. The minimum absolute atomic E-state index is 0.00894. The molecule has 1 aliphatic heterocycles. The van der Waals surface area contributed by atoms with Crippen LogP contribution in [0.1, 0.15) is 43.0 Å². The summed E-state index contributed by atoms with van der Waals surface area (Å²) in [4.78, 5) is 14.6. The van der Waals surface area contributed by atoms with E-state index < -0.39 is 0 Å². The molecule has 126 valence electrons. The first-order valence-electron chi connectivity index (χ1n) is 8.47. The Morgan fingerprint density at radius 1 is 1.21 bits per heavy atom. The number of carbonyl (C=O) groups is 1. The van der Waals surface area contributed by atoms with Crippen LogP contribution in [0, 0.1) is 5.82 Å². The molecular formula is C20H23FN2O. The molecule has 1 aliphatic rings. The SMILES string of the molecule is CC(NC(=O)CN1CCCC1c1ccccc1)c1ccc(F)cc1. The van der Waals surface area contributed by atoms with E-state index in [0.717, 1.165) is 24.9 Å². The highest BCUT2D eigenvalue weighted by molar-refractivity contribution is 5.78. The molecule has 0 aromatic heterocycles. The molecule has 0 aliphatic carbocycles. The average Bonchev–Trinajstić information content (AvgIpc) is 3.04. The molecule has 2 unspecified atom stereocenters. The number of amides is 1. The second-order valence-corrected chi connectivity index (χ2v) is 6.38. The van der Waals surface area contributed by atoms with E-state index in [2.05, 4.69) is 22.3 Å². The van der Waals surface area contributed by atoms with E-state index >= 15 is 0 Å². The summed E-state index contributed by atoms with van der Waals surface area (Å²) in [5, 5.41) is 3.01. The predicted molar refractivity (Wildman–Crippen MR) is 92.9 cm³/mol. The van der Waals surface area contributed by atoms with Crippen molar-refractivity contribution in [2.24, 2.45) is 0 Å². The third-order valence-corrected chi connectivity index (χ3v) is 4.64. The van der Waals surface area contributed by atoms with Crippen LogP contribution in [0.5, 0.6) is 0 Å². The fourth-order valence-corrected chi connectivity index (χ4v) is 3.37. The largest absolute Gasteiger partial charge is 0.348 e. The Labute approximate surface area is 142 Å². The van der Waals surface area contributed by atoms with Crippen LogP contribution in [-0.4, -0.2) is 23.9 Å². The minimum Gasteiger partial charge on any atom is -0.348 e. The van der Waals surface area contributed by atoms with Crippen molar-refractivity contribution >= 4 is 5.91 Å². The zero-order valence-corrected chi connectivity index (χ0v) is 13.9. The summed E-state index contributed by atoms with van der Waals surface area (Å²) in [5.41, 5.74) is 2.18. The first-order chi connectivity index (χ1) is 11.6. The smallest absolute Gasteiger partial charge is 0.234 e. The second-order valence-electron chi connectivity index (χ2n) is 6.38. The fraction of sp³-hybridized carbons (Fsp3) is 0.350. The number of rotatable bonds is 5. The number of carbonyl (C=O) groups excluding carboxylic acids is 1. The quantitative estimate of drug-likeness (QED) is 0.905. The molecule has 0 spiro atoms. The molecule has 24 heavy (non-hydrogen) atoms. The first kappa shape index (κ1) is 16.7. The van der Waals surface area contributed by atoms with Crippen molar-refractivity contribution in [3.8, 4) is 0 Å². The molecule has 3 rings (SSSR count). The van der Waals surface area contributed by atoms with Crippen molar-refractivity contribution in [2.75, 3.05) is 13.1 Å². The number of hydrogen-bond donors (Lipinski definition) is 1. The molecule has 1 amide bonds. The Morgan fingerprint density at radius 2 is 1.92 bits per heavy atom. The lowest BCUT2D eigenvalue weighted by Gasteiger charge is -2.25. The van der Waals surface area contributed by atoms with Crippen LogP contribution < -0.4 is 5.32 Å². The van der Waals surface area contributed by atoms with Gasteiger partial charge in [-0.25, -0.2) is 4.39 Å². The summed E-state index contributed by atoms with van der Waals surface area (Å²) < 4.78 is 13.0. The fourth-order valence-electron chi connectivity index (χ4n) is 3.37. The second kappa shape index (κ2) is 7.58. The molecule has 2 aromatic rings. The van der Waals surface area contributed by atoms with Gasteiger partial charge >= 0.3 is 0 Å². The Morgan fingerprint density at radius 3 is 2.62 bits per heavy atom. The Bertz CT molecular complexity index is 672. The summed E-state index contributed by atoms with van der Waals surface area (Å²) in [7, 11) is 0. The lowest BCUT2D eigenvalue weighted by molar-refractivity contribution is -0.123. The topological polar surface area (TPSA) is 32.3 Å². The van der Waals surface area contributed by atoms with E-state index in [4.69, 9.17) is 0 Å². The van der Waals surface area contributed by atoms with Gasteiger partial charge < -0.3 is 5.32 Å². The number of hydrogen-bond acceptors (Lipinski definition) is 2. The van der Waals surface area contributed by atoms with E-state index in [9.17, 15) is 9.18 Å². The summed E-state index contributed by atoms with van der Waals surface area (Å²) >= 11 is 0. The zero-order valence-electron chi connectivity index (χ0n) is 13.9. The van der Waals surface area contributed by atoms with Gasteiger partial charge in [0.25, 0.3) is 0 Å². The number of benzene rings is 2. The molecule has 0 radical (unpaired) electrons. The highest BCUT2D eigenvalue weighted by Gasteiger charge is 2.27. The molecule has 1 N–H and O–H groups in total. The molecule has 4 heteroatoms. The highest BCUT2D eigenvalue weighted by Crippen LogP contribution is 2.31. The van der Waals surface area contributed by atoms with Crippen LogP contribution >= 0.6 is 0 Å². The van der Waals surface area contributed by atoms with Crippen LogP contribution in [-0.2, 0) is 4.79 Å². The average molecular weight is 326 g/mol. The standard InChI is InChI=1S/C20H23FN2O/c1-15(16-9-11-18(21)12-10-16)22-20(24)14-23-13-5-8-19(23)17-6-3-2-4-7-17/h2-4,6-7,9-12,15,19H,5,8,13-14H2,1H3,(H,22,24). The summed E-state index contributed by atoms with van der Waals surface area (Å²) in [6.07, 6.45) is 2.20. The maximum atomic E-state index is 13.0. The monoisotopic (exact) mass is 326 g/mol. The van der Waals surface area contributed by atoms with Gasteiger partial charge in [-0.2, -0.15) is 0 Å². The van der Waals surface area contributed by atoms with Crippen LogP contribution in [0.25, 0.3) is 0 Å². The molecule has 0 saturated carbocycles. The van der Waals surface area contributed by atoms with Gasteiger partial charge in [-0.05, 0) is 49.6 Å². The molecule has 1 saturated heterocycles. The maximum Gasteiger partial charge on any atom is 0.234 e. The van der Waals surface area contributed by atoms with Gasteiger partial charge in [-0.15, -0.1) is 0 Å². The van der Waals surface area contributed by atoms with Gasteiger partial charge in [0.05, 0.1) is 12.6 Å². The van der Waals surface area contributed by atoms with Gasteiger partial charge in [-0.3, -0.25) is 9.69 Å². The normalized spacial score (nSPS) is 19.2. The van der Waals surface area contributed by atoms with E-state index in [0.29, 0.717) is 12.6 Å². The lowest BCUT2D eigenvalue weighted by Crippen LogP contribution is -2.38. The molecule has 3 nitrogen and oxygen atoms in total. The number of halogens is 1. The van der Waals surface area contributed by atoms with E-state index in [-0.39, 0.29) is 17.8 Å². The van der Waals surface area contributed by atoms with Gasteiger partial charge in [0.15, 0.2) is 0 Å². The van der Waals surface area contributed by atoms with Crippen molar-refractivity contribution in [3.63, 3.8) is 0 Å². The summed E-state index contributed by atoms with van der Waals surface area (Å²) in [6.45, 7) is 3.26. The molecular weight excluding hydrogens is 303 g/mol. The van der Waals surface area contributed by atoms with Crippen LogP contribution in [0.15, 0.2) is 54.6 Å². The van der Waals surface area contributed by atoms with Crippen molar-refractivity contribution in [2.45, 2.75) is 31.8 Å². The lowest BCUT2D eigenvalue weighted by atomic mass is 10.0. The molecule has 0 bridgehead atoms. The van der Waals surface area contributed by atoms with Gasteiger partial charge in [0.2, 0.25) is 5.91 Å². The van der Waals surface area contributed by atoms with Gasteiger partial charge in [0.1, 0.15) is 5.82 Å².